The second-order valence-corrected chi connectivity index (χ2v) is 5.34. The number of aromatic nitrogens is 7. The van der Waals surface area contributed by atoms with Crippen LogP contribution in [0.15, 0.2) is 10.3 Å². The van der Waals surface area contributed by atoms with Gasteiger partial charge in [-0.2, -0.15) is 15.0 Å². The molecular weight excluding hydrogens is 288 g/mol. The van der Waals surface area contributed by atoms with Crippen molar-refractivity contribution >= 4 is 29.3 Å². The first kappa shape index (κ1) is 12.5. The smallest absolute Gasteiger partial charge is 0.230 e. The minimum absolute atomic E-state index is 0.189. The highest BCUT2D eigenvalue weighted by Gasteiger charge is 2.18. The standard InChI is InChI=1S/C9H11ClN8S/c1-17-9(14-15-16-17)19-8-12-6(10)11-7(13-8)18-4-2-3-5-18/h2-5H2,1H3. The lowest BCUT2D eigenvalue weighted by Gasteiger charge is -2.14. The summed E-state index contributed by atoms with van der Waals surface area (Å²) in [6.07, 6.45) is 2.30. The van der Waals surface area contributed by atoms with Crippen molar-refractivity contribution in [2.24, 2.45) is 7.05 Å². The number of nitrogens with zero attached hydrogens (tertiary/aromatic N) is 8. The molecule has 0 atom stereocenters. The van der Waals surface area contributed by atoms with Crippen molar-refractivity contribution in [3.63, 3.8) is 0 Å². The van der Waals surface area contributed by atoms with E-state index < -0.39 is 0 Å². The zero-order chi connectivity index (χ0) is 13.2. The van der Waals surface area contributed by atoms with E-state index >= 15 is 0 Å². The topological polar surface area (TPSA) is 85.5 Å². The third-order valence-electron chi connectivity index (χ3n) is 2.73. The van der Waals surface area contributed by atoms with Crippen LogP contribution < -0.4 is 4.90 Å². The third kappa shape index (κ3) is 2.76. The molecule has 8 nitrogen and oxygen atoms in total. The summed E-state index contributed by atoms with van der Waals surface area (Å²) in [5, 5.41) is 12.5. The summed E-state index contributed by atoms with van der Waals surface area (Å²) >= 11 is 7.21. The summed E-state index contributed by atoms with van der Waals surface area (Å²) in [4.78, 5) is 14.8. The molecule has 10 heteroatoms. The molecule has 0 unspecified atom stereocenters. The monoisotopic (exact) mass is 298 g/mol. The maximum absolute atomic E-state index is 5.95. The Balaban J connectivity index is 1.87. The van der Waals surface area contributed by atoms with Crippen LogP contribution >= 0.6 is 23.4 Å². The Hall–Kier alpha value is -1.48. The van der Waals surface area contributed by atoms with Gasteiger partial charge in [0.15, 0.2) is 0 Å². The average molecular weight is 299 g/mol. The number of hydrogen-bond acceptors (Lipinski definition) is 8. The number of hydrogen-bond donors (Lipinski definition) is 0. The highest BCUT2D eigenvalue weighted by Crippen LogP contribution is 2.25. The van der Waals surface area contributed by atoms with E-state index in [-0.39, 0.29) is 5.28 Å². The highest BCUT2D eigenvalue weighted by atomic mass is 35.5. The van der Waals surface area contributed by atoms with Gasteiger partial charge in [-0.3, -0.25) is 0 Å². The molecule has 1 saturated heterocycles. The third-order valence-corrected chi connectivity index (χ3v) is 3.79. The van der Waals surface area contributed by atoms with Crippen LogP contribution in [0, 0.1) is 0 Å². The first-order chi connectivity index (χ1) is 9.22. The van der Waals surface area contributed by atoms with Gasteiger partial charge >= 0.3 is 0 Å². The molecule has 1 aliphatic heterocycles. The quantitative estimate of drug-likeness (QED) is 0.822. The summed E-state index contributed by atoms with van der Waals surface area (Å²) in [5.74, 6) is 0.620. The predicted octanol–water partition coefficient (Wildman–Crippen LogP) is 0.800. The minimum atomic E-state index is 0.189. The van der Waals surface area contributed by atoms with E-state index in [0.29, 0.717) is 16.3 Å². The molecule has 19 heavy (non-hydrogen) atoms. The maximum atomic E-state index is 5.95. The Morgan fingerprint density at radius 3 is 2.63 bits per heavy atom. The van der Waals surface area contributed by atoms with E-state index in [1.165, 1.54) is 11.8 Å². The van der Waals surface area contributed by atoms with E-state index in [1.807, 2.05) is 0 Å². The molecule has 0 bridgehead atoms. The Bertz CT molecular complexity index is 581. The van der Waals surface area contributed by atoms with Gasteiger partial charge in [-0.05, 0) is 46.6 Å². The normalized spacial score (nSPS) is 15.2. The van der Waals surface area contributed by atoms with E-state index in [2.05, 4.69) is 35.4 Å². The second kappa shape index (κ2) is 5.25. The van der Waals surface area contributed by atoms with E-state index in [1.54, 1.807) is 11.7 Å². The number of rotatable bonds is 3. The van der Waals surface area contributed by atoms with Gasteiger partial charge in [0.1, 0.15) is 0 Å². The van der Waals surface area contributed by atoms with Crippen LogP contribution in [0.3, 0.4) is 0 Å². The SMILES string of the molecule is Cn1nnnc1Sc1nc(Cl)nc(N2CCCC2)n1. The summed E-state index contributed by atoms with van der Waals surface area (Å²) in [6, 6.07) is 0. The number of aryl methyl sites for hydroxylation is 1. The van der Waals surface area contributed by atoms with Crippen LogP contribution in [0.4, 0.5) is 5.95 Å². The fourth-order valence-corrected chi connectivity index (χ4v) is 2.69. The van der Waals surface area contributed by atoms with Crippen LogP contribution in [0.25, 0.3) is 0 Å². The summed E-state index contributed by atoms with van der Waals surface area (Å²) in [5.41, 5.74) is 0. The largest absolute Gasteiger partial charge is 0.341 e. The first-order valence-electron chi connectivity index (χ1n) is 5.79. The van der Waals surface area contributed by atoms with Gasteiger partial charge in [-0.1, -0.05) is 0 Å². The molecule has 1 aliphatic rings. The van der Waals surface area contributed by atoms with Gasteiger partial charge in [0.25, 0.3) is 0 Å². The molecule has 2 aromatic heterocycles. The van der Waals surface area contributed by atoms with E-state index in [9.17, 15) is 0 Å². The molecular formula is C9H11ClN8S. The van der Waals surface area contributed by atoms with Gasteiger partial charge < -0.3 is 4.90 Å². The van der Waals surface area contributed by atoms with Crippen LogP contribution in [0.1, 0.15) is 12.8 Å². The average Bonchev–Trinajstić information content (AvgIpc) is 3.01. The van der Waals surface area contributed by atoms with Crippen LogP contribution in [-0.4, -0.2) is 48.2 Å². The molecule has 0 spiro atoms. The summed E-state index contributed by atoms with van der Waals surface area (Å²) in [6.45, 7) is 1.91. The molecule has 1 fully saturated rings. The lowest BCUT2D eigenvalue weighted by Crippen LogP contribution is -2.21. The Labute approximate surface area is 118 Å². The van der Waals surface area contributed by atoms with Crippen molar-refractivity contribution in [3.05, 3.63) is 5.28 Å². The minimum Gasteiger partial charge on any atom is -0.341 e. The van der Waals surface area contributed by atoms with Gasteiger partial charge in [0.05, 0.1) is 0 Å². The molecule has 0 aromatic carbocycles. The van der Waals surface area contributed by atoms with Gasteiger partial charge in [-0.25, -0.2) is 4.68 Å². The second-order valence-electron chi connectivity index (χ2n) is 4.07. The van der Waals surface area contributed by atoms with Crippen molar-refractivity contribution in [2.45, 2.75) is 23.2 Å². The van der Waals surface area contributed by atoms with Crippen LogP contribution in [0.2, 0.25) is 5.28 Å². The predicted molar refractivity (Wildman–Crippen MR) is 69.2 cm³/mol. The fourth-order valence-electron chi connectivity index (χ4n) is 1.82. The lowest BCUT2D eigenvalue weighted by molar-refractivity contribution is 0.663. The van der Waals surface area contributed by atoms with Crippen molar-refractivity contribution in [2.75, 3.05) is 18.0 Å². The van der Waals surface area contributed by atoms with Gasteiger partial charge in [0.2, 0.25) is 21.5 Å². The van der Waals surface area contributed by atoms with Gasteiger partial charge in [0, 0.05) is 20.1 Å². The molecule has 0 aliphatic carbocycles. The van der Waals surface area contributed by atoms with Crippen molar-refractivity contribution in [3.8, 4) is 0 Å². The first-order valence-corrected chi connectivity index (χ1v) is 6.98. The summed E-state index contributed by atoms with van der Waals surface area (Å²) in [7, 11) is 1.76. The molecule has 2 aromatic rings. The number of tetrazole rings is 1. The highest BCUT2D eigenvalue weighted by molar-refractivity contribution is 7.99. The number of halogens is 1. The molecule has 0 N–H and O–H groups in total. The molecule has 0 radical (unpaired) electrons. The maximum Gasteiger partial charge on any atom is 0.230 e. The van der Waals surface area contributed by atoms with Crippen LogP contribution in [0.5, 0.6) is 0 Å². The van der Waals surface area contributed by atoms with E-state index in [4.69, 9.17) is 11.6 Å². The summed E-state index contributed by atoms with van der Waals surface area (Å²) < 4.78 is 1.55. The van der Waals surface area contributed by atoms with Crippen molar-refractivity contribution in [1.82, 2.24) is 35.2 Å². The van der Waals surface area contributed by atoms with E-state index in [0.717, 1.165) is 25.9 Å². The Morgan fingerprint density at radius 2 is 1.95 bits per heavy atom. The fraction of sp³-hybridized carbons (Fsp3) is 0.556. The molecule has 100 valence electrons. The Kier molecular flexibility index (Phi) is 3.47. The van der Waals surface area contributed by atoms with Crippen molar-refractivity contribution in [1.29, 1.82) is 0 Å². The van der Waals surface area contributed by atoms with Crippen LogP contribution in [-0.2, 0) is 7.05 Å². The molecule has 3 rings (SSSR count). The van der Waals surface area contributed by atoms with Crippen molar-refractivity contribution < 1.29 is 0 Å². The number of anilines is 1. The molecule has 0 saturated carbocycles. The Morgan fingerprint density at radius 1 is 1.16 bits per heavy atom. The van der Waals surface area contributed by atoms with Gasteiger partial charge in [-0.15, -0.1) is 5.10 Å². The zero-order valence-electron chi connectivity index (χ0n) is 10.2. The lowest BCUT2D eigenvalue weighted by atomic mass is 10.4. The molecule has 3 heterocycles. The molecule has 0 amide bonds. The zero-order valence-corrected chi connectivity index (χ0v) is 11.8.